The van der Waals surface area contributed by atoms with Crippen molar-refractivity contribution in [3.63, 3.8) is 0 Å². The van der Waals surface area contributed by atoms with Crippen LogP contribution in [0.2, 0.25) is 0 Å². The number of hydrogen-bond acceptors (Lipinski definition) is 2. The summed E-state index contributed by atoms with van der Waals surface area (Å²) in [6, 6.07) is 15.7. The van der Waals surface area contributed by atoms with Gasteiger partial charge in [-0.25, -0.2) is 0 Å². The molecule has 0 unspecified atom stereocenters. The van der Waals surface area contributed by atoms with Gasteiger partial charge in [-0.3, -0.25) is 9.79 Å². The van der Waals surface area contributed by atoms with Crippen molar-refractivity contribution >= 4 is 22.8 Å². The van der Waals surface area contributed by atoms with E-state index in [1.807, 2.05) is 56.3 Å². The number of aromatic nitrogens is 1. The first-order chi connectivity index (χ1) is 10.1. The summed E-state index contributed by atoms with van der Waals surface area (Å²) in [7, 11) is 0. The number of nitrogens with zero attached hydrogens (tertiary/aromatic N) is 1. The minimum Gasteiger partial charge on any atom is -0.321 e. The molecular formula is C18H16N2O. The van der Waals surface area contributed by atoms with Gasteiger partial charge in [-0.15, -0.1) is 0 Å². The molecule has 0 saturated carbocycles. The number of nitrogens with one attached hydrogen (secondary N) is 1. The maximum atomic E-state index is 12.1. The Morgan fingerprint density at radius 1 is 1.00 bits per heavy atom. The van der Waals surface area contributed by atoms with Crippen LogP contribution in [0.1, 0.15) is 16.7 Å². The molecule has 2 aromatic carbocycles. The summed E-state index contributed by atoms with van der Waals surface area (Å²) in [4.78, 5) is 19.3. The molecule has 0 aliphatic carbocycles. The highest BCUT2D eigenvalue weighted by molar-refractivity contribution is 5.88. The highest BCUT2D eigenvalue weighted by Gasteiger charge is 2.01. The van der Waals surface area contributed by atoms with E-state index in [-0.39, 0.29) is 5.56 Å². The molecule has 0 aliphatic rings. The second kappa shape index (κ2) is 5.37. The third-order valence-electron chi connectivity index (χ3n) is 3.38. The predicted octanol–water partition coefficient (Wildman–Crippen LogP) is 3.90. The van der Waals surface area contributed by atoms with Crippen molar-refractivity contribution in [2.75, 3.05) is 0 Å². The molecule has 0 fully saturated rings. The van der Waals surface area contributed by atoms with Gasteiger partial charge >= 0.3 is 0 Å². The predicted molar refractivity (Wildman–Crippen MR) is 87.7 cm³/mol. The zero-order chi connectivity index (χ0) is 14.8. The average molecular weight is 276 g/mol. The van der Waals surface area contributed by atoms with Gasteiger partial charge in [0.1, 0.15) is 0 Å². The number of fused-ring (bicyclic) bond motifs is 1. The highest BCUT2D eigenvalue weighted by Crippen LogP contribution is 2.15. The van der Waals surface area contributed by atoms with Crippen LogP contribution in [0, 0.1) is 13.8 Å². The van der Waals surface area contributed by atoms with E-state index in [2.05, 4.69) is 16.0 Å². The van der Waals surface area contributed by atoms with Crippen molar-refractivity contribution in [2.45, 2.75) is 13.8 Å². The molecule has 0 amide bonds. The molecule has 3 heteroatoms. The summed E-state index contributed by atoms with van der Waals surface area (Å²) in [6.07, 6.45) is 1.62. The van der Waals surface area contributed by atoms with Crippen molar-refractivity contribution in [1.82, 2.24) is 4.98 Å². The summed E-state index contributed by atoms with van der Waals surface area (Å²) in [6.45, 7) is 4.05. The van der Waals surface area contributed by atoms with Gasteiger partial charge in [0.2, 0.25) is 0 Å². The zero-order valence-corrected chi connectivity index (χ0v) is 12.1. The third-order valence-corrected chi connectivity index (χ3v) is 3.38. The number of benzene rings is 2. The Labute approximate surface area is 123 Å². The SMILES string of the molecule is Cc1cccc(N=Cc2cc3cc(C)ccc3[nH]c2=O)c1. The molecule has 0 spiro atoms. The second-order valence-electron chi connectivity index (χ2n) is 5.24. The van der Waals surface area contributed by atoms with Gasteiger partial charge in [0.25, 0.3) is 5.56 Å². The molecule has 0 bridgehead atoms. The van der Waals surface area contributed by atoms with Gasteiger partial charge in [-0.2, -0.15) is 0 Å². The Morgan fingerprint density at radius 3 is 2.62 bits per heavy atom. The van der Waals surface area contributed by atoms with Gasteiger partial charge in [-0.1, -0.05) is 23.8 Å². The quantitative estimate of drug-likeness (QED) is 0.709. The molecular weight excluding hydrogens is 260 g/mol. The lowest BCUT2D eigenvalue weighted by molar-refractivity contribution is 1.29. The highest BCUT2D eigenvalue weighted by atomic mass is 16.1. The largest absolute Gasteiger partial charge is 0.321 e. The van der Waals surface area contributed by atoms with Gasteiger partial charge < -0.3 is 4.98 Å². The lowest BCUT2D eigenvalue weighted by Gasteiger charge is -2.01. The number of hydrogen-bond donors (Lipinski definition) is 1. The molecule has 1 N–H and O–H groups in total. The topological polar surface area (TPSA) is 45.2 Å². The van der Waals surface area contributed by atoms with Crippen LogP contribution in [-0.4, -0.2) is 11.2 Å². The average Bonchev–Trinajstić information content (AvgIpc) is 2.45. The smallest absolute Gasteiger partial charge is 0.257 e. The molecule has 1 aromatic heterocycles. The normalized spacial score (nSPS) is 11.3. The van der Waals surface area contributed by atoms with E-state index >= 15 is 0 Å². The summed E-state index contributed by atoms with van der Waals surface area (Å²) < 4.78 is 0. The molecule has 0 atom stereocenters. The molecule has 1 heterocycles. The van der Waals surface area contributed by atoms with E-state index in [4.69, 9.17) is 0 Å². The van der Waals surface area contributed by atoms with Crippen molar-refractivity contribution in [2.24, 2.45) is 4.99 Å². The minimum absolute atomic E-state index is 0.122. The molecule has 0 aliphatic heterocycles. The zero-order valence-electron chi connectivity index (χ0n) is 12.1. The first kappa shape index (κ1) is 13.3. The lowest BCUT2D eigenvalue weighted by Crippen LogP contribution is -2.11. The molecule has 3 nitrogen and oxygen atoms in total. The van der Waals surface area contributed by atoms with Gasteiger partial charge in [-0.05, 0) is 55.1 Å². The van der Waals surface area contributed by atoms with Crippen molar-refractivity contribution in [3.8, 4) is 0 Å². The first-order valence-electron chi connectivity index (χ1n) is 6.86. The second-order valence-corrected chi connectivity index (χ2v) is 5.24. The number of aliphatic imine (C=N–C) groups is 1. The number of rotatable bonds is 2. The van der Waals surface area contributed by atoms with Gasteiger partial charge in [0.05, 0.1) is 11.3 Å². The van der Waals surface area contributed by atoms with Crippen LogP contribution in [0.3, 0.4) is 0 Å². The molecule has 104 valence electrons. The molecule has 3 aromatic rings. The molecule has 0 saturated heterocycles. The maximum Gasteiger partial charge on any atom is 0.257 e. The fourth-order valence-electron chi connectivity index (χ4n) is 2.29. The van der Waals surface area contributed by atoms with Crippen LogP contribution < -0.4 is 5.56 Å². The standard InChI is InChI=1S/C18H16N2O/c1-12-4-3-5-16(9-12)19-11-15-10-14-8-13(2)6-7-17(14)20-18(15)21/h3-11H,1-2H3,(H,20,21). The number of pyridine rings is 1. The van der Waals surface area contributed by atoms with E-state index in [9.17, 15) is 4.79 Å². The molecule has 21 heavy (non-hydrogen) atoms. The fourth-order valence-corrected chi connectivity index (χ4v) is 2.29. The molecule has 3 rings (SSSR count). The van der Waals surface area contributed by atoms with Crippen LogP contribution in [0.4, 0.5) is 5.69 Å². The van der Waals surface area contributed by atoms with Crippen molar-refractivity contribution in [3.05, 3.63) is 75.6 Å². The summed E-state index contributed by atoms with van der Waals surface area (Å²) in [5, 5.41) is 1.01. The number of aromatic amines is 1. The van der Waals surface area contributed by atoms with E-state index in [1.165, 1.54) is 0 Å². The van der Waals surface area contributed by atoms with Crippen LogP contribution in [0.5, 0.6) is 0 Å². The Morgan fingerprint density at radius 2 is 1.81 bits per heavy atom. The number of aryl methyl sites for hydroxylation is 2. The van der Waals surface area contributed by atoms with Crippen molar-refractivity contribution in [1.29, 1.82) is 0 Å². The summed E-state index contributed by atoms with van der Waals surface area (Å²) in [5.74, 6) is 0. The van der Waals surface area contributed by atoms with Crippen LogP contribution >= 0.6 is 0 Å². The monoisotopic (exact) mass is 276 g/mol. The summed E-state index contributed by atoms with van der Waals surface area (Å²) in [5.41, 5.74) is 4.44. The van der Waals surface area contributed by atoms with Gasteiger partial charge in [0.15, 0.2) is 0 Å². The third kappa shape index (κ3) is 2.92. The van der Waals surface area contributed by atoms with Crippen LogP contribution in [-0.2, 0) is 0 Å². The first-order valence-corrected chi connectivity index (χ1v) is 6.86. The van der Waals surface area contributed by atoms with E-state index in [1.54, 1.807) is 6.21 Å². The van der Waals surface area contributed by atoms with Gasteiger partial charge in [0, 0.05) is 11.7 Å². The Kier molecular flexibility index (Phi) is 3.40. The Hall–Kier alpha value is -2.68. The fraction of sp³-hybridized carbons (Fsp3) is 0.111. The van der Waals surface area contributed by atoms with E-state index in [0.29, 0.717) is 5.56 Å². The van der Waals surface area contributed by atoms with E-state index < -0.39 is 0 Å². The number of H-pyrrole nitrogens is 1. The Balaban J connectivity index is 2.04. The Bertz CT molecular complexity index is 891. The van der Waals surface area contributed by atoms with Crippen LogP contribution in [0.15, 0.2) is 58.3 Å². The minimum atomic E-state index is -0.122. The maximum absolute atomic E-state index is 12.1. The summed E-state index contributed by atoms with van der Waals surface area (Å²) >= 11 is 0. The van der Waals surface area contributed by atoms with Crippen molar-refractivity contribution < 1.29 is 0 Å². The lowest BCUT2D eigenvalue weighted by atomic mass is 10.1. The molecule has 0 radical (unpaired) electrons. The van der Waals surface area contributed by atoms with E-state index in [0.717, 1.165) is 27.7 Å². The van der Waals surface area contributed by atoms with Crippen LogP contribution in [0.25, 0.3) is 10.9 Å².